The van der Waals surface area contributed by atoms with E-state index in [2.05, 4.69) is 51.4 Å². The van der Waals surface area contributed by atoms with Crippen LogP contribution in [0.15, 0.2) is 12.7 Å². The zero-order chi connectivity index (χ0) is 11.1. The molecule has 0 rings (SSSR count). The molecule has 0 spiro atoms. The van der Waals surface area contributed by atoms with Gasteiger partial charge >= 0.3 is 0 Å². The van der Waals surface area contributed by atoms with Gasteiger partial charge < -0.3 is 5.73 Å². The lowest BCUT2D eigenvalue weighted by Crippen LogP contribution is -2.36. The quantitative estimate of drug-likeness (QED) is 0.347. The van der Waals surface area contributed by atoms with Crippen molar-refractivity contribution in [3.8, 4) is 0 Å². The highest BCUT2D eigenvalue weighted by Gasteiger charge is 2.15. The smallest absolute Gasteiger partial charge is 0.1000 e. The maximum Gasteiger partial charge on any atom is 0.1000 e. The largest absolute Gasteiger partial charge is 0.308 e. The summed E-state index contributed by atoms with van der Waals surface area (Å²) in [7, 11) is 0. The van der Waals surface area contributed by atoms with Gasteiger partial charge in [0.1, 0.15) is 0 Å². The van der Waals surface area contributed by atoms with Crippen molar-refractivity contribution in [2.24, 2.45) is 23.5 Å². The number of nitrogens with one attached hydrogen (secondary N) is 1. The van der Waals surface area contributed by atoms with Crippen LogP contribution in [0, 0.1) is 17.8 Å². The number of allylic oxidation sites excluding steroid dienone is 1. The maximum atomic E-state index is 5.51. The summed E-state index contributed by atoms with van der Waals surface area (Å²) in [6.45, 7) is 11.5. The molecule has 2 unspecified atom stereocenters. The minimum atomic E-state index is -0.220. The van der Waals surface area contributed by atoms with Crippen LogP contribution in [0.2, 0.25) is 0 Å². The molecule has 3 N–H and O–H groups in total. The molecule has 84 valence electrons. The summed E-state index contributed by atoms with van der Waals surface area (Å²) >= 11 is 4.08. The first-order chi connectivity index (χ1) is 6.47. The lowest BCUT2D eigenvalue weighted by atomic mass is 9.86. The van der Waals surface area contributed by atoms with Gasteiger partial charge in [0.05, 0.1) is 5.50 Å². The second-order valence-electron chi connectivity index (χ2n) is 4.36. The van der Waals surface area contributed by atoms with Crippen molar-refractivity contribution in [1.29, 1.82) is 0 Å². The van der Waals surface area contributed by atoms with Crippen LogP contribution in [0.4, 0.5) is 0 Å². The SMILES string of the molecule is C=CC(CC(C)C)[C@H](C)CNC(N)S. The van der Waals surface area contributed by atoms with Crippen LogP contribution in [0.1, 0.15) is 27.2 Å². The number of nitrogens with two attached hydrogens (primary N) is 1. The summed E-state index contributed by atoms with van der Waals surface area (Å²) in [6.07, 6.45) is 3.24. The molecule has 0 aliphatic rings. The van der Waals surface area contributed by atoms with Crippen molar-refractivity contribution in [3.63, 3.8) is 0 Å². The molecule has 0 amide bonds. The molecule has 0 aromatic rings. The van der Waals surface area contributed by atoms with Gasteiger partial charge in [-0.05, 0) is 24.2 Å². The predicted molar refractivity (Wildman–Crippen MR) is 67.3 cm³/mol. The van der Waals surface area contributed by atoms with Gasteiger partial charge in [0.2, 0.25) is 0 Å². The molecule has 0 aliphatic carbocycles. The van der Waals surface area contributed by atoms with Gasteiger partial charge in [0.15, 0.2) is 0 Å². The van der Waals surface area contributed by atoms with E-state index in [1.54, 1.807) is 0 Å². The summed E-state index contributed by atoms with van der Waals surface area (Å²) in [5.74, 6) is 1.84. The summed E-state index contributed by atoms with van der Waals surface area (Å²) in [5.41, 5.74) is 5.29. The van der Waals surface area contributed by atoms with Crippen LogP contribution in [0.5, 0.6) is 0 Å². The molecule has 3 atom stereocenters. The average Bonchev–Trinajstić information content (AvgIpc) is 2.09. The standard InChI is InChI=1S/C11H24N2S/c1-5-10(6-8(2)3)9(4)7-13-11(12)14/h5,8-11,13-14H,1,6-7,12H2,2-4H3/t9-,10?,11?/m1/s1. The van der Waals surface area contributed by atoms with E-state index in [-0.39, 0.29) is 5.50 Å². The molecule has 0 saturated heterocycles. The molecule has 2 nitrogen and oxygen atoms in total. The third-order valence-electron chi connectivity index (χ3n) is 2.43. The maximum absolute atomic E-state index is 5.51. The molecule has 0 aliphatic heterocycles. The molecule has 3 heteroatoms. The zero-order valence-electron chi connectivity index (χ0n) is 9.53. The number of hydrogen-bond acceptors (Lipinski definition) is 3. The molecule has 0 aromatic carbocycles. The number of rotatable bonds is 7. The highest BCUT2D eigenvalue weighted by atomic mass is 32.1. The van der Waals surface area contributed by atoms with Crippen LogP contribution >= 0.6 is 12.6 Å². The van der Waals surface area contributed by atoms with Crippen molar-refractivity contribution >= 4 is 12.6 Å². The van der Waals surface area contributed by atoms with Crippen molar-refractivity contribution in [2.45, 2.75) is 32.7 Å². The highest BCUT2D eigenvalue weighted by Crippen LogP contribution is 2.20. The van der Waals surface area contributed by atoms with Crippen molar-refractivity contribution in [3.05, 3.63) is 12.7 Å². The molecule has 0 saturated carbocycles. The lowest BCUT2D eigenvalue weighted by Gasteiger charge is -2.23. The lowest BCUT2D eigenvalue weighted by molar-refractivity contribution is 0.343. The van der Waals surface area contributed by atoms with E-state index in [9.17, 15) is 0 Å². The van der Waals surface area contributed by atoms with Gasteiger partial charge in [0, 0.05) is 6.54 Å². The Balaban J connectivity index is 3.91. The van der Waals surface area contributed by atoms with Crippen molar-refractivity contribution < 1.29 is 0 Å². The van der Waals surface area contributed by atoms with Crippen LogP contribution in [-0.4, -0.2) is 12.0 Å². The molecule has 0 aromatic heterocycles. The summed E-state index contributed by atoms with van der Waals surface area (Å²) in [6, 6.07) is 0. The van der Waals surface area contributed by atoms with Crippen LogP contribution in [-0.2, 0) is 0 Å². The molecular formula is C11H24N2S. The monoisotopic (exact) mass is 216 g/mol. The first kappa shape index (κ1) is 14.0. The Kier molecular flexibility index (Phi) is 7.33. The molecule has 14 heavy (non-hydrogen) atoms. The van der Waals surface area contributed by atoms with Crippen molar-refractivity contribution in [1.82, 2.24) is 5.32 Å². The van der Waals surface area contributed by atoms with Gasteiger partial charge in [-0.2, -0.15) is 0 Å². The summed E-state index contributed by atoms with van der Waals surface area (Å²) < 4.78 is 0. The Morgan fingerprint density at radius 3 is 2.36 bits per heavy atom. The molecule has 0 fully saturated rings. The topological polar surface area (TPSA) is 38.0 Å². The van der Waals surface area contributed by atoms with Gasteiger partial charge in [0.25, 0.3) is 0 Å². The normalized spacial score (nSPS) is 17.9. The van der Waals surface area contributed by atoms with E-state index >= 15 is 0 Å². The minimum Gasteiger partial charge on any atom is -0.308 e. The summed E-state index contributed by atoms with van der Waals surface area (Å²) in [4.78, 5) is 0. The average molecular weight is 216 g/mol. The Morgan fingerprint density at radius 1 is 1.43 bits per heavy atom. The third kappa shape index (κ3) is 6.46. The van der Waals surface area contributed by atoms with Crippen LogP contribution in [0.25, 0.3) is 0 Å². The van der Waals surface area contributed by atoms with E-state index < -0.39 is 0 Å². The first-order valence-electron chi connectivity index (χ1n) is 5.27. The van der Waals surface area contributed by atoms with E-state index in [0.717, 1.165) is 6.54 Å². The molecule has 0 radical (unpaired) electrons. The van der Waals surface area contributed by atoms with E-state index in [4.69, 9.17) is 5.73 Å². The Hall–Kier alpha value is 0.0100. The van der Waals surface area contributed by atoms with Crippen LogP contribution in [0.3, 0.4) is 0 Å². The second-order valence-corrected chi connectivity index (χ2v) is 4.92. The summed E-state index contributed by atoms with van der Waals surface area (Å²) in [5, 5.41) is 3.13. The predicted octanol–water partition coefficient (Wildman–Crippen LogP) is 2.23. The molecular weight excluding hydrogens is 192 g/mol. The first-order valence-corrected chi connectivity index (χ1v) is 5.78. The minimum absolute atomic E-state index is 0.220. The second kappa shape index (κ2) is 7.32. The van der Waals surface area contributed by atoms with Crippen molar-refractivity contribution in [2.75, 3.05) is 6.54 Å². The highest BCUT2D eigenvalue weighted by molar-refractivity contribution is 7.80. The molecule has 0 bridgehead atoms. The Labute approximate surface area is 93.7 Å². The van der Waals surface area contributed by atoms with Gasteiger partial charge in [-0.3, -0.25) is 5.32 Å². The van der Waals surface area contributed by atoms with E-state index in [1.165, 1.54) is 6.42 Å². The Morgan fingerprint density at radius 2 is 2.00 bits per heavy atom. The van der Waals surface area contributed by atoms with Crippen LogP contribution < -0.4 is 11.1 Å². The third-order valence-corrected chi connectivity index (χ3v) is 2.61. The number of hydrogen-bond donors (Lipinski definition) is 3. The van der Waals surface area contributed by atoms with Gasteiger partial charge in [-0.1, -0.05) is 26.8 Å². The molecule has 0 heterocycles. The fraction of sp³-hybridized carbons (Fsp3) is 0.818. The fourth-order valence-corrected chi connectivity index (χ4v) is 1.67. The fourth-order valence-electron chi connectivity index (χ4n) is 1.56. The number of thiol groups is 1. The van der Waals surface area contributed by atoms with Gasteiger partial charge in [-0.15, -0.1) is 19.2 Å². The Bertz CT molecular complexity index is 157. The zero-order valence-corrected chi connectivity index (χ0v) is 10.4. The van der Waals surface area contributed by atoms with E-state index in [1.807, 2.05) is 0 Å². The van der Waals surface area contributed by atoms with E-state index in [0.29, 0.717) is 17.8 Å². The van der Waals surface area contributed by atoms with Gasteiger partial charge in [-0.25, -0.2) is 0 Å².